The molecule has 16 heavy (non-hydrogen) atoms. The predicted octanol–water partition coefficient (Wildman–Crippen LogP) is 0.114. The Kier molecular flexibility index (Phi) is 5.69. The van der Waals surface area contributed by atoms with Gasteiger partial charge in [0, 0.05) is 19.6 Å². The molecule has 0 spiro atoms. The van der Waals surface area contributed by atoms with Gasteiger partial charge in [0.1, 0.15) is 0 Å². The fourth-order valence-electron chi connectivity index (χ4n) is 2.11. The van der Waals surface area contributed by atoms with Crippen LogP contribution in [0.15, 0.2) is 0 Å². The summed E-state index contributed by atoms with van der Waals surface area (Å²) in [5.41, 5.74) is 4.82. The number of likely N-dealkylation sites (N-methyl/N-ethyl adjacent to an activating group) is 1. The fraction of sp³-hybridized carbons (Fsp3) is 1.00. The van der Waals surface area contributed by atoms with E-state index in [9.17, 15) is 5.11 Å². The zero-order valence-electron chi connectivity index (χ0n) is 10.8. The van der Waals surface area contributed by atoms with E-state index in [1.165, 1.54) is 19.5 Å². The molecule has 3 N–H and O–H groups in total. The number of rotatable bonds is 5. The molecule has 1 heterocycles. The maximum absolute atomic E-state index is 9.80. The molecule has 0 bridgehead atoms. The Morgan fingerprint density at radius 3 is 2.69 bits per heavy atom. The smallest absolute Gasteiger partial charge is 0.0741 e. The average Bonchev–Trinajstić information content (AvgIpc) is 2.44. The van der Waals surface area contributed by atoms with E-state index in [0.29, 0.717) is 6.54 Å². The van der Waals surface area contributed by atoms with Gasteiger partial charge in [-0.25, -0.2) is 0 Å². The Morgan fingerprint density at radius 2 is 2.00 bits per heavy atom. The maximum Gasteiger partial charge on any atom is 0.0741 e. The first-order chi connectivity index (χ1) is 7.53. The standard InChI is InChI=1S/C12H27N3O/c1-12(16,11-13)5-3-7-15-8-4-6-14(2)9-10-15/h16H,3-11,13H2,1-2H3. The number of hydrogen-bond donors (Lipinski definition) is 2. The van der Waals surface area contributed by atoms with Crippen LogP contribution in [0, 0.1) is 0 Å². The molecule has 1 saturated heterocycles. The van der Waals surface area contributed by atoms with Crippen LogP contribution in [0.2, 0.25) is 0 Å². The summed E-state index contributed by atoms with van der Waals surface area (Å²) in [6.45, 7) is 7.98. The van der Waals surface area contributed by atoms with Crippen LogP contribution in [0.25, 0.3) is 0 Å². The molecule has 4 nitrogen and oxygen atoms in total. The van der Waals surface area contributed by atoms with Crippen molar-refractivity contribution in [2.75, 3.05) is 46.3 Å². The molecule has 96 valence electrons. The summed E-state index contributed by atoms with van der Waals surface area (Å²) in [6, 6.07) is 0. The first-order valence-electron chi connectivity index (χ1n) is 6.37. The summed E-state index contributed by atoms with van der Waals surface area (Å²) in [4.78, 5) is 4.88. The zero-order valence-corrected chi connectivity index (χ0v) is 10.8. The van der Waals surface area contributed by atoms with Crippen LogP contribution in [-0.4, -0.2) is 66.8 Å². The quantitative estimate of drug-likeness (QED) is 0.703. The van der Waals surface area contributed by atoms with Crippen molar-refractivity contribution in [2.24, 2.45) is 5.73 Å². The highest BCUT2D eigenvalue weighted by atomic mass is 16.3. The topological polar surface area (TPSA) is 52.7 Å². The minimum Gasteiger partial charge on any atom is -0.389 e. The molecule has 0 aromatic carbocycles. The van der Waals surface area contributed by atoms with Gasteiger partial charge in [0.15, 0.2) is 0 Å². The van der Waals surface area contributed by atoms with Crippen molar-refractivity contribution < 1.29 is 5.11 Å². The number of hydrogen-bond acceptors (Lipinski definition) is 4. The van der Waals surface area contributed by atoms with Gasteiger partial charge in [0.2, 0.25) is 0 Å². The monoisotopic (exact) mass is 229 g/mol. The van der Waals surface area contributed by atoms with Gasteiger partial charge in [-0.05, 0) is 52.9 Å². The highest BCUT2D eigenvalue weighted by molar-refractivity contribution is 4.74. The average molecular weight is 229 g/mol. The third-order valence-corrected chi connectivity index (χ3v) is 3.44. The second kappa shape index (κ2) is 6.55. The van der Waals surface area contributed by atoms with Crippen LogP contribution >= 0.6 is 0 Å². The molecule has 4 heteroatoms. The molecule has 0 amide bonds. The van der Waals surface area contributed by atoms with Crippen LogP contribution in [0.4, 0.5) is 0 Å². The summed E-state index contributed by atoms with van der Waals surface area (Å²) >= 11 is 0. The predicted molar refractivity (Wildman–Crippen MR) is 67.5 cm³/mol. The summed E-state index contributed by atoms with van der Waals surface area (Å²) in [7, 11) is 2.18. The zero-order chi connectivity index (χ0) is 12.0. The third-order valence-electron chi connectivity index (χ3n) is 3.44. The maximum atomic E-state index is 9.80. The summed E-state index contributed by atoms with van der Waals surface area (Å²) < 4.78 is 0. The van der Waals surface area contributed by atoms with Crippen LogP contribution in [0.1, 0.15) is 26.2 Å². The first-order valence-corrected chi connectivity index (χ1v) is 6.37. The van der Waals surface area contributed by atoms with Crippen LogP contribution in [0.3, 0.4) is 0 Å². The Balaban J connectivity index is 2.17. The molecule has 1 aliphatic rings. The van der Waals surface area contributed by atoms with E-state index in [1.807, 2.05) is 6.92 Å². The molecule has 1 rings (SSSR count). The molecule has 0 aromatic rings. The molecule has 0 saturated carbocycles. The van der Waals surface area contributed by atoms with Crippen LogP contribution in [-0.2, 0) is 0 Å². The van der Waals surface area contributed by atoms with Crippen molar-refractivity contribution in [3.63, 3.8) is 0 Å². The van der Waals surface area contributed by atoms with Gasteiger partial charge in [0.25, 0.3) is 0 Å². The lowest BCUT2D eigenvalue weighted by Crippen LogP contribution is -2.36. The lowest BCUT2D eigenvalue weighted by atomic mass is 10.0. The summed E-state index contributed by atoms with van der Waals surface area (Å²) in [5.74, 6) is 0. The van der Waals surface area contributed by atoms with E-state index in [0.717, 1.165) is 32.5 Å². The molecule has 1 atom stereocenters. The summed E-state index contributed by atoms with van der Waals surface area (Å²) in [6.07, 6.45) is 3.09. The van der Waals surface area contributed by atoms with Gasteiger partial charge >= 0.3 is 0 Å². The van der Waals surface area contributed by atoms with E-state index < -0.39 is 5.60 Å². The van der Waals surface area contributed by atoms with E-state index in [2.05, 4.69) is 16.8 Å². The van der Waals surface area contributed by atoms with Crippen molar-refractivity contribution >= 4 is 0 Å². The molecule has 1 unspecified atom stereocenters. The molecule has 1 aliphatic heterocycles. The first kappa shape index (κ1) is 13.9. The second-order valence-electron chi connectivity index (χ2n) is 5.30. The van der Waals surface area contributed by atoms with Crippen molar-refractivity contribution in [1.82, 2.24) is 9.80 Å². The largest absolute Gasteiger partial charge is 0.389 e. The minimum absolute atomic E-state index is 0.357. The van der Waals surface area contributed by atoms with Crippen LogP contribution in [0.5, 0.6) is 0 Å². The number of aliphatic hydroxyl groups is 1. The van der Waals surface area contributed by atoms with E-state index in [4.69, 9.17) is 5.73 Å². The van der Waals surface area contributed by atoms with Crippen molar-refractivity contribution in [3.05, 3.63) is 0 Å². The summed E-state index contributed by atoms with van der Waals surface area (Å²) in [5, 5.41) is 9.80. The van der Waals surface area contributed by atoms with Gasteiger partial charge in [-0.3, -0.25) is 0 Å². The molecule has 0 aromatic heterocycles. The highest BCUT2D eigenvalue weighted by Gasteiger charge is 2.18. The molecule has 1 fully saturated rings. The third kappa shape index (κ3) is 5.25. The van der Waals surface area contributed by atoms with Gasteiger partial charge < -0.3 is 20.6 Å². The van der Waals surface area contributed by atoms with E-state index in [1.54, 1.807) is 0 Å². The fourth-order valence-corrected chi connectivity index (χ4v) is 2.11. The number of nitrogens with zero attached hydrogens (tertiary/aromatic N) is 2. The second-order valence-corrected chi connectivity index (χ2v) is 5.30. The molecule has 0 aliphatic carbocycles. The molecular formula is C12H27N3O. The van der Waals surface area contributed by atoms with E-state index >= 15 is 0 Å². The van der Waals surface area contributed by atoms with Gasteiger partial charge in [-0.2, -0.15) is 0 Å². The van der Waals surface area contributed by atoms with Crippen LogP contribution < -0.4 is 5.73 Å². The Bertz CT molecular complexity index is 197. The van der Waals surface area contributed by atoms with Gasteiger partial charge in [-0.1, -0.05) is 0 Å². The Hall–Kier alpha value is -0.160. The number of nitrogens with two attached hydrogens (primary N) is 1. The van der Waals surface area contributed by atoms with Gasteiger partial charge in [0.05, 0.1) is 5.60 Å². The van der Waals surface area contributed by atoms with Crippen molar-refractivity contribution in [1.29, 1.82) is 0 Å². The highest BCUT2D eigenvalue weighted by Crippen LogP contribution is 2.11. The lowest BCUT2D eigenvalue weighted by molar-refractivity contribution is 0.0545. The normalized spacial score (nSPS) is 24.0. The minimum atomic E-state index is -0.678. The Labute approximate surface area is 99.4 Å². The Morgan fingerprint density at radius 1 is 1.25 bits per heavy atom. The van der Waals surface area contributed by atoms with Gasteiger partial charge in [-0.15, -0.1) is 0 Å². The molecular weight excluding hydrogens is 202 g/mol. The van der Waals surface area contributed by atoms with Crippen molar-refractivity contribution in [3.8, 4) is 0 Å². The SMILES string of the molecule is CN1CCCN(CCCC(C)(O)CN)CC1. The molecule has 0 radical (unpaired) electrons. The van der Waals surface area contributed by atoms with Crippen molar-refractivity contribution in [2.45, 2.75) is 31.8 Å². The lowest BCUT2D eigenvalue weighted by Gasteiger charge is -2.24. The van der Waals surface area contributed by atoms with E-state index in [-0.39, 0.29) is 0 Å².